The fraction of sp³-hybridized carbons (Fsp3) is 0.0833. The molecule has 0 saturated heterocycles. The SMILES string of the molecule is Cc1ncc(-c2cc(F)ccc2C=O)cn1. The Morgan fingerprint density at radius 3 is 2.56 bits per heavy atom. The number of halogens is 1. The number of carbonyl (C=O) groups is 1. The van der Waals surface area contributed by atoms with Gasteiger partial charge in [-0.05, 0) is 30.7 Å². The zero-order chi connectivity index (χ0) is 11.5. The van der Waals surface area contributed by atoms with Crippen LogP contribution < -0.4 is 0 Å². The smallest absolute Gasteiger partial charge is 0.150 e. The molecule has 0 unspecified atom stereocenters. The van der Waals surface area contributed by atoms with Crippen LogP contribution in [-0.2, 0) is 0 Å². The molecule has 1 heterocycles. The highest BCUT2D eigenvalue weighted by molar-refractivity contribution is 5.87. The van der Waals surface area contributed by atoms with E-state index in [1.54, 1.807) is 19.3 Å². The number of rotatable bonds is 2. The van der Waals surface area contributed by atoms with E-state index < -0.39 is 0 Å². The summed E-state index contributed by atoms with van der Waals surface area (Å²) in [4.78, 5) is 18.8. The number of nitrogens with zero attached hydrogens (tertiary/aromatic N) is 2. The number of carbonyl (C=O) groups excluding carboxylic acids is 1. The first-order valence-corrected chi connectivity index (χ1v) is 4.74. The number of benzene rings is 1. The predicted molar refractivity (Wildman–Crippen MR) is 57.6 cm³/mol. The van der Waals surface area contributed by atoms with E-state index in [4.69, 9.17) is 0 Å². The summed E-state index contributed by atoms with van der Waals surface area (Å²) in [5.74, 6) is 0.244. The van der Waals surface area contributed by atoms with Crippen molar-refractivity contribution in [3.05, 3.63) is 47.8 Å². The molecule has 0 aliphatic heterocycles. The normalized spacial score (nSPS) is 10.1. The first-order valence-electron chi connectivity index (χ1n) is 4.74. The molecule has 2 rings (SSSR count). The number of hydrogen-bond donors (Lipinski definition) is 0. The minimum absolute atomic E-state index is 0.388. The van der Waals surface area contributed by atoms with Crippen LogP contribution in [-0.4, -0.2) is 16.3 Å². The highest BCUT2D eigenvalue weighted by atomic mass is 19.1. The maximum Gasteiger partial charge on any atom is 0.150 e. The van der Waals surface area contributed by atoms with E-state index >= 15 is 0 Å². The Labute approximate surface area is 92.0 Å². The maximum absolute atomic E-state index is 13.1. The van der Waals surface area contributed by atoms with Gasteiger partial charge in [-0.15, -0.1) is 0 Å². The Morgan fingerprint density at radius 1 is 1.25 bits per heavy atom. The molecule has 0 spiro atoms. The summed E-state index contributed by atoms with van der Waals surface area (Å²) in [6.07, 6.45) is 3.84. The van der Waals surface area contributed by atoms with Crippen LogP contribution in [0.1, 0.15) is 16.2 Å². The van der Waals surface area contributed by atoms with E-state index in [0.717, 1.165) is 0 Å². The lowest BCUT2D eigenvalue weighted by Crippen LogP contribution is -1.92. The van der Waals surface area contributed by atoms with Crippen molar-refractivity contribution in [1.29, 1.82) is 0 Å². The molecule has 16 heavy (non-hydrogen) atoms. The molecule has 2 aromatic rings. The topological polar surface area (TPSA) is 42.9 Å². The molecule has 0 N–H and O–H groups in total. The van der Waals surface area contributed by atoms with Gasteiger partial charge in [-0.3, -0.25) is 4.79 Å². The van der Waals surface area contributed by atoms with Crippen molar-refractivity contribution in [1.82, 2.24) is 9.97 Å². The van der Waals surface area contributed by atoms with Gasteiger partial charge in [0, 0.05) is 23.5 Å². The molecule has 0 bridgehead atoms. The second-order valence-electron chi connectivity index (χ2n) is 3.37. The van der Waals surface area contributed by atoms with E-state index in [0.29, 0.717) is 28.8 Å². The highest BCUT2D eigenvalue weighted by Crippen LogP contribution is 2.22. The van der Waals surface area contributed by atoms with Gasteiger partial charge in [0.1, 0.15) is 11.6 Å². The molecule has 0 fully saturated rings. The minimum atomic E-state index is -0.388. The molecule has 0 aliphatic carbocycles. The van der Waals surface area contributed by atoms with Crippen molar-refractivity contribution in [3.63, 3.8) is 0 Å². The van der Waals surface area contributed by atoms with Gasteiger partial charge in [-0.2, -0.15) is 0 Å². The van der Waals surface area contributed by atoms with Crippen molar-refractivity contribution in [2.75, 3.05) is 0 Å². The van der Waals surface area contributed by atoms with Gasteiger partial charge in [0.2, 0.25) is 0 Å². The van der Waals surface area contributed by atoms with Crippen molar-refractivity contribution >= 4 is 6.29 Å². The molecule has 80 valence electrons. The average Bonchev–Trinajstić information content (AvgIpc) is 2.30. The summed E-state index contributed by atoms with van der Waals surface area (Å²) < 4.78 is 13.1. The average molecular weight is 216 g/mol. The maximum atomic E-state index is 13.1. The lowest BCUT2D eigenvalue weighted by molar-refractivity contribution is 0.112. The summed E-state index contributed by atoms with van der Waals surface area (Å²) in [6, 6.07) is 4.00. The first-order chi connectivity index (χ1) is 7.70. The molecular weight excluding hydrogens is 207 g/mol. The molecule has 1 aromatic heterocycles. The van der Waals surface area contributed by atoms with E-state index in [1.165, 1.54) is 18.2 Å². The Hall–Kier alpha value is -2.10. The van der Waals surface area contributed by atoms with Gasteiger partial charge >= 0.3 is 0 Å². The van der Waals surface area contributed by atoms with Crippen LogP contribution in [0.25, 0.3) is 11.1 Å². The van der Waals surface area contributed by atoms with Crippen LogP contribution in [0.4, 0.5) is 4.39 Å². The molecule has 3 nitrogen and oxygen atoms in total. The summed E-state index contributed by atoms with van der Waals surface area (Å²) in [5.41, 5.74) is 1.57. The Kier molecular flexibility index (Phi) is 2.72. The van der Waals surface area contributed by atoms with Crippen LogP contribution >= 0.6 is 0 Å². The van der Waals surface area contributed by atoms with Crippen LogP contribution in [0.2, 0.25) is 0 Å². The second-order valence-corrected chi connectivity index (χ2v) is 3.37. The Bertz CT molecular complexity index is 523. The standard InChI is InChI=1S/C12H9FN2O/c1-8-14-5-10(6-15-8)12-4-11(13)3-2-9(12)7-16/h2-7H,1H3. The van der Waals surface area contributed by atoms with E-state index in [1.807, 2.05) is 0 Å². The highest BCUT2D eigenvalue weighted by Gasteiger charge is 2.06. The van der Waals surface area contributed by atoms with Gasteiger partial charge in [0.15, 0.2) is 6.29 Å². The molecule has 0 aliphatic rings. The Morgan fingerprint density at radius 2 is 1.94 bits per heavy atom. The summed E-state index contributed by atoms with van der Waals surface area (Å²) >= 11 is 0. The van der Waals surface area contributed by atoms with Crippen molar-refractivity contribution in [3.8, 4) is 11.1 Å². The molecule has 4 heteroatoms. The second kappa shape index (κ2) is 4.18. The molecule has 0 saturated carbocycles. The van der Waals surface area contributed by atoms with Crippen LogP contribution in [0.3, 0.4) is 0 Å². The number of aryl methyl sites for hydroxylation is 1. The van der Waals surface area contributed by atoms with E-state index in [-0.39, 0.29) is 5.82 Å². The van der Waals surface area contributed by atoms with Crippen LogP contribution in [0, 0.1) is 12.7 Å². The van der Waals surface area contributed by atoms with Gasteiger partial charge < -0.3 is 0 Å². The summed E-state index contributed by atoms with van der Waals surface area (Å²) in [5, 5.41) is 0. The van der Waals surface area contributed by atoms with Crippen molar-refractivity contribution in [2.45, 2.75) is 6.92 Å². The molecule has 0 amide bonds. The van der Waals surface area contributed by atoms with Gasteiger partial charge in [-0.1, -0.05) is 0 Å². The van der Waals surface area contributed by atoms with Gasteiger partial charge in [-0.25, -0.2) is 14.4 Å². The zero-order valence-corrected chi connectivity index (χ0v) is 8.64. The zero-order valence-electron chi connectivity index (χ0n) is 8.64. The largest absolute Gasteiger partial charge is 0.298 e. The van der Waals surface area contributed by atoms with Crippen molar-refractivity contribution in [2.24, 2.45) is 0 Å². The van der Waals surface area contributed by atoms with Gasteiger partial charge in [0.05, 0.1) is 0 Å². The van der Waals surface area contributed by atoms with E-state index in [9.17, 15) is 9.18 Å². The molecule has 0 atom stereocenters. The quantitative estimate of drug-likeness (QED) is 0.724. The fourth-order valence-electron chi connectivity index (χ4n) is 1.41. The third kappa shape index (κ3) is 1.95. The third-order valence-corrected chi connectivity index (χ3v) is 2.23. The molecule has 0 radical (unpaired) electrons. The monoisotopic (exact) mass is 216 g/mol. The predicted octanol–water partition coefficient (Wildman–Crippen LogP) is 2.40. The minimum Gasteiger partial charge on any atom is -0.298 e. The van der Waals surface area contributed by atoms with Crippen molar-refractivity contribution < 1.29 is 9.18 Å². The fourth-order valence-corrected chi connectivity index (χ4v) is 1.41. The Balaban J connectivity index is 2.57. The van der Waals surface area contributed by atoms with Gasteiger partial charge in [0.25, 0.3) is 0 Å². The summed E-state index contributed by atoms with van der Waals surface area (Å²) in [6.45, 7) is 1.76. The first kappa shape index (κ1) is 10.4. The van der Waals surface area contributed by atoms with Crippen LogP contribution in [0.5, 0.6) is 0 Å². The summed E-state index contributed by atoms with van der Waals surface area (Å²) in [7, 11) is 0. The number of hydrogen-bond acceptors (Lipinski definition) is 3. The molecule has 1 aromatic carbocycles. The lowest BCUT2D eigenvalue weighted by atomic mass is 10.0. The number of aromatic nitrogens is 2. The third-order valence-electron chi connectivity index (χ3n) is 2.23. The lowest BCUT2D eigenvalue weighted by Gasteiger charge is -2.04. The molecular formula is C12H9FN2O. The van der Waals surface area contributed by atoms with Crippen LogP contribution in [0.15, 0.2) is 30.6 Å². The number of aldehydes is 1. The van der Waals surface area contributed by atoms with E-state index in [2.05, 4.69) is 9.97 Å².